The Labute approximate surface area is 108 Å². The third-order valence-electron chi connectivity index (χ3n) is 4.07. The van der Waals surface area contributed by atoms with Crippen molar-refractivity contribution in [3.63, 3.8) is 0 Å². The summed E-state index contributed by atoms with van der Waals surface area (Å²) in [6.45, 7) is 2.34. The zero-order chi connectivity index (χ0) is 12.5. The second-order valence-corrected chi connectivity index (χ2v) is 5.91. The molecule has 3 rings (SSSR count). The maximum atomic E-state index is 5.86. The van der Waals surface area contributed by atoms with Crippen LogP contribution in [0.1, 0.15) is 57.2 Å². The lowest BCUT2D eigenvalue weighted by Gasteiger charge is -2.27. The number of nitrogens with one attached hydrogen (secondary N) is 1. The molecule has 0 aliphatic heterocycles. The van der Waals surface area contributed by atoms with E-state index in [1.807, 2.05) is 6.07 Å². The largest absolute Gasteiger partial charge is 0.384 e. The molecule has 3 N–H and O–H groups in total. The molecule has 0 atom stereocenters. The third kappa shape index (κ3) is 2.74. The van der Waals surface area contributed by atoms with Gasteiger partial charge >= 0.3 is 0 Å². The fourth-order valence-corrected chi connectivity index (χ4v) is 2.70. The molecule has 4 heteroatoms. The van der Waals surface area contributed by atoms with Crippen molar-refractivity contribution in [2.24, 2.45) is 5.92 Å². The molecule has 0 bridgehead atoms. The Morgan fingerprint density at radius 3 is 2.50 bits per heavy atom. The Bertz CT molecular complexity index is 420. The molecule has 18 heavy (non-hydrogen) atoms. The van der Waals surface area contributed by atoms with Crippen LogP contribution >= 0.6 is 0 Å². The summed E-state index contributed by atoms with van der Waals surface area (Å²) in [5.41, 5.74) is 5.86. The highest BCUT2D eigenvalue weighted by atomic mass is 15.1. The Morgan fingerprint density at radius 1 is 1.11 bits per heavy atom. The molecule has 2 aliphatic carbocycles. The Kier molecular flexibility index (Phi) is 3.10. The minimum atomic E-state index is 0.556. The molecule has 1 aromatic rings. The van der Waals surface area contributed by atoms with Gasteiger partial charge < -0.3 is 11.1 Å². The average Bonchev–Trinajstić information content (AvgIpc) is 3.15. The van der Waals surface area contributed by atoms with E-state index in [1.54, 1.807) is 0 Å². The predicted octanol–water partition coefficient (Wildman–Crippen LogP) is 2.93. The van der Waals surface area contributed by atoms with Crippen molar-refractivity contribution in [3.05, 3.63) is 11.9 Å². The minimum absolute atomic E-state index is 0.556. The van der Waals surface area contributed by atoms with Crippen LogP contribution in [0, 0.1) is 5.92 Å². The number of nitrogens with zero attached hydrogens (tertiary/aromatic N) is 2. The first-order chi connectivity index (χ1) is 8.70. The van der Waals surface area contributed by atoms with Crippen LogP contribution in [0.2, 0.25) is 0 Å². The van der Waals surface area contributed by atoms with Gasteiger partial charge in [0, 0.05) is 18.0 Å². The number of hydrogen-bond donors (Lipinski definition) is 2. The summed E-state index contributed by atoms with van der Waals surface area (Å²) in [5.74, 6) is 3.88. The second kappa shape index (κ2) is 4.75. The third-order valence-corrected chi connectivity index (χ3v) is 4.07. The average molecular weight is 246 g/mol. The zero-order valence-corrected chi connectivity index (χ0v) is 11.0. The summed E-state index contributed by atoms with van der Waals surface area (Å²) < 4.78 is 0. The SMILES string of the molecule is CC1CCC(Nc2cc(N)nc(C3CC3)n2)CC1. The maximum Gasteiger partial charge on any atom is 0.136 e. The van der Waals surface area contributed by atoms with E-state index >= 15 is 0 Å². The maximum absolute atomic E-state index is 5.86. The van der Waals surface area contributed by atoms with Gasteiger partial charge in [-0.3, -0.25) is 0 Å². The van der Waals surface area contributed by atoms with E-state index < -0.39 is 0 Å². The highest BCUT2D eigenvalue weighted by Crippen LogP contribution is 2.38. The summed E-state index contributed by atoms with van der Waals surface area (Å²) in [7, 11) is 0. The van der Waals surface area contributed by atoms with E-state index in [0.29, 0.717) is 17.8 Å². The lowest BCUT2D eigenvalue weighted by Crippen LogP contribution is -2.26. The quantitative estimate of drug-likeness (QED) is 0.860. The molecule has 1 aromatic heterocycles. The van der Waals surface area contributed by atoms with Gasteiger partial charge in [-0.25, -0.2) is 9.97 Å². The Balaban J connectivity index is 1.68. The Morgan fingerprint density at radius 2 is 1.83 bits per heavy atom. The molecule has 0 aromatic carbocycles. The van der Waals surface area contributed by atoms with Gasteiger partial charge in [0.15, 0.2) is 0 Å². The first-order valence-corrected chi connectivity index (χ1v) is 7.11. The molecule has 0 unspecified atom stereocenters. The molecule has 0 radical (unpaired) electrons. The van der Waals surface area contributed by atoms with E-state index in [0.717, 1.165) is 17.6 Å². The number of hydrogen-bond acceptors (Lipinski definition) is 4. The van der Waals surface area contributed by atoms with Crippen molar-refractivity contribution < 1.29 is 0 Å². The molecule has 0 amide bonds. The predicted molar refractivity (Wildman–Crippen MR) is 73.5 cm³/mol. The van der Waals surface area contributed by atoms with E-state index in [9.17, 15) is 0 Å². The van der Waals surface area contributed by atoms with Crippen LogP contribution in [-0.2, 0) is 0 Å². The van der Waals surface area contributed by atoms with Gasteiger partial charge in [0.25, 0.3) is 0 Å². The molecule has 2 saturated carbocycles. The summed E-state index contributed by atoms with van der Waals surface area (Å²) in [6, 6.07) is 2.42. The highest BCUT2D eigenvalue weighted by molar-refractivity contribution is 5.46. The molecule has 1 heterocycles. The standard InChI is InChI=1S/C14H22N4/c1-9-2-6-11(7-3-9)16-13-8-12(15)17-14(18-13)10-4-5-10/h8-11H,2-7H2,1H3,(H3,15,16,17,18). The number of rotatable bonds is 3. The fourth-order valence-electron chi connectivity index (χ4n) is 2.70. The molecule has 0 spiro atoms. The van der Waals surface area contributed by atoms with Crippen LogP contribution in [-0.4, -0.2) is 16.0 Å². The van der Waals surface area contributed by atoms with Crippen LogP contribution in [0.4, 0.5) is 11.6 Å². The summed E-state index contributed by atoms with van der Waals surface area (Å²) >= 11 is 0. The zero-order valence-electron chi connectivity index (χ0n) is 11.0. The number of aromatic nitrogens is 2. The van der Waals surface area contributed by atoms with Crippen molar-refractivity contribution in [1.82, 2.24) is 9.97 Å². The van der Waals surface area contributed by atoms with Crippen LogP contribution < -0.4 is 11.1 Å². The van der Waals surface area contributed by atoms with Crippen molar-refractivity contribution in [2.45, 2.75) is 57.4 Å². The van der Waals surface area contributed by atoms with Gasteiger partial charge in [-0.1, -0.05) is 6.92 Å². The lowest BCUT2D eigenvalue weighted by atomic mass is 9.87. The highest BCUT2D eigenvalue weighted by Gasteiger charge is 2.27. The molecule has 2 aliphatic rings. The molecule has 2 fully saturated rings. The summed E-state index contributed by atoms with van der Waals surface area (Å²) in [6.07, 6.45) is 7.53. The van der Waals surface area contributed by atoms with Crippen molar-refractivity contribution in [1.29, 1.82) is 0 Å². The van der Waals surface area contributed by atoms with Gasteiger partial charge in [-0.2, -0.15) is 0 Å². The molecular formula is C14H22N4. The fraction of sp³-hybridized carbons (Fsp3) is 0.714. The van der Waals surface area contributed by atoms with Crippen LogP contribution in [0.3, 0.4) is 0 Å². The van der Waals surface area contributed by atoms with Gasteiger partial charge in [0.2, 0.25) is 0 Å². The second-order valence-electron chi connectivity index (χ2n) is 5.91. The summed E-state index contributed by atoms with van der Waals surface area (Å²) in [4.78, 5) is 8.93. The number of nitrogens with two attached hydrogens (primary N) is 1. The van der Waals surface area contributed by atoms with E-state index in [4.69, 9.17) is 5.73 Å². The van der Waals surface area contributed by atoms with Crippen LogP contribution in [0.15, 0.2) is 6.07 Å². The van der Waals surface area contributed by atoms with Crippen LogP contribution in [0.5, 0.6) is 0 Å². The summed E-state index contributed by atoms with van der Waals surface area (Å²) in [5, 5.41) is 3.53. The van der Waals surface area contributed by atoms with Crippen LogP contribution in [0.25, 0.3) is 0 Å². The number of anilines is 2. The van der Waals surface area contributed by atoms with Gasteiger partial charge in [0.05, 0.1) is 0 Å². The normalized spacial score (nSPS) is 28.1. The van der Waals surface area contributed by atoms with Gasteiger partial charge in [-0.05, 0) is 44.4 Å². The topological polar surface area (TPSA) is 63.8 Å². The molecule has 0 saturated heterocycles. The van der Waals surface area contributed by atoms with Crippen molar-refractivity contribution in [3.8, 4) is 0 Å². The molecule has 4 nitrogen and oxygen atoms in total. The van der Waals surface area contributed by atoms with Gasteiger partial charge in [0.1, 0.15) is 17.5 Å². The molecule has 98 valence electrons. The molecular weight excluding hydrogens is 224 g/mol. The lowest BCUT2D eigenvalue weighted by molar-refractivity contribution is 0.361. The number of nitrogen functional groups attached to an aromatic ring is 1. The Hall–Kier alpha value is -1.32. The van der Waals surface area contributed by atoms with Crippen molar-refractivity contribution in [2.75, 3.05) is 11.1 Å². The minimum Gasteiger partial charge on any atom is -0.384 e. The van der Waals surface area contributed by atoms with E-state index in [1.165, 1.54) is 38.5 Å². The first kappa shape index (κ1) is 11.8. The van der Waals surface area contributed by atoms with E-state index in [-0.39, 0.29) is 0 Å². The monoisotopic (exact) mass is 246 g/mol. The van der Waals surface area contributed by atoms with Crippen molar-refractivity contribution >= 4 is 11.6 Å². The van der Waals surface area contributed by atoms with E-state index in [2.05, 4.69) is 22.2 Å². The van der Waals surface area contributed by atoms with Gasteiger partial charge in [-0.15, -0.1) is 0 Å². The first-order valence-electron chi connectivity index (χ1n) is 7.11. The smallest absolute Gasteiger partial charge is 0.136 e.